The molecule has 0 saturated carbocycles. The third-order valence-electron chi connectivity index (χ3n) is 6.64. The van der Waals surface area contributed by atoms with Crippen molar-refractivity contribution in [3.05, 3.63) is 112 Å². The molecule has 230 valence electrons. The van der Waals surface area contributed by atoms with E-state index in [9.17, 15) is 71.9 Å². The minimum absolute atomic E-state index is 0.271. The summed E-state index contributed by atoms with van der Waals surface area (Å²) in [6.07, 6.45) is -21.7. The van der Waals surface area contributed by atoms with E-state index in [4.69, 9.17) is 0 Å². The van der Waals surface area contributed by atoms with Crippen LogP contribution < -0.4 is 22.2 Å². The Morgan fingerprint density at radius 2 is 0.591 bits per heavy atom. The van der Waals surface area contributed by atoms with Crippen LogP contribution in [0.1, 0.15) is 22.3 Å². The van der Waals surface area contributed by atoms with Gasteiger partial charge >= 0.3 is 24.7 Å². The van der Waals surface area contributed by atoms with Crippen molar-refractivity contribution < 1.29 is 52.7 Å². The fraction of sp³-hybridized carbons (Fsp3) is 0.154. The Bertz CT molecular complexity index is 1940. The lowest BCUT2D eigenvalue weighted by molar-refractivity contribution is -0.138. The second-order valence-corrected chi connectivity index (χ2v) is 9.23. The molecular weight excluding hydrogens is 632 g/mol. The van der Waals surface area contributed by atoms with Gasteiger partial charge in [-0.1, -0.05) is 0 Å². The predicted octanol–water partition coefficient (Wildman–Crippen LogP) is 5.97. The summed E-state index contributed by atoms with van der Waals surface area (Å²) in [6, 6.07) is 2.91. The predicted molar refractivity (Wildman–Crippen MR) is 128 cm³/mol. The van der Waals surface area contributed by atoms with Crippen LogP contribution in [0.2, 0.25) is 0 Å². The summed E-state index contributed by atoms with van der Waals surface area (Å²) in [5, 5.41) is -7.99. The molecular formula is C26H8F12N2O4. The van der Waals surface area contributed by atoms with Gasteiger partial charge in [-0.25, -0.2) is 9.13 Å². The first-order valence-electron chi connectivity index (χ1n) is 11.6. The van der Waals surface area contributed by atoms with Crippen LogP contribution in [0.4, 0.5) is 52.7 Å². The van der Waals surface area contributed by atoms with Gasteiger partial charge in [-0.05, 0) is 48.5 Å². The lowest BCUT2D eigenvalue weighted by Gasteiger charge is -2.13. The maximum absolute atomic E-state index is 14.5. The fourth-order valence-electron chi connectivity index (χ4n) is 4.87. The number of benzene rings is 3. The van der Waals surface area contributed by atoms with Crippen LogP contribution in [0.5, 0.6) is 0 Å². The zero-order chi connectivity index (χ0) is 32.9. The van der Waals surface area contributed by atoms with Crippen LogP contribution in [-0.4, -0.2) is 9.13 Å². The van der Waals surface area contributed by atoms with Gasteiger partial charge in [0.05, 0.1) is 55.2 Å². The third-order valence-corrected chi connectivity index (χ3v) is 6.64. The van der Waals surface area contributed by atoms with E-state index in [0.717, 1.165) is 0 Å². The summed E-state index contributed by atoms with van der Waals surface area (Å²) >= 11 is 0. The smallest absolute Gasteiger partial charge is 0.268 e. The first kappa shape index (κ1) is 30.6. The second kappa shape index (κ2) is 9.30. The Kier molecular flexibility index (Phi) is 6.46. The molecule has 0 N–H and O–H groups in total. The van der Waals surface area contributed by atoms with Crippen LogP contribution in [0.25, 0.3) is 32.9 Å². The van der Waals surface area contributed by atoms with Crippen LogP contribution in [0.3, 0.4) is 0 Å². The normalized spacial score (nSPS) is 13.4. The second-order valence-electron chi connectivity index (χ2n) is 9.23. The van der Waals surface area contributed by atoms with E-state index in [1.165, 1.54) is 0 Å². The Balaban J connectivity index is 1.99. The first-order valence-corrected chi connectivity index (χ1v) is 11.6. The summed E-state index contributed by atoms with van der Waals surface area (Å²) in [5.41, 5.74) is -17.7. The number of rotatable bonds is 2. The Morgan fingerprint density at radius 3 is 0.773 bits per heavy atom. The van der Waals surface area contributed by atoms with Crippen LogP contribution >= 0.6 is 0 Å². The molecule has 2 aromatic heterocycles. The number of nitrogens with zero attached hydrogens (tertiary/aromatic N) is 2. The molecule has 0 fully saturated rings. The number of fused-ring (bicyclic) bond motifs is 2. The van der Waals surface area contributed by atoms with Crippen molar-refractivity contribution in [2.75, 3.05) is 0 Å². The maximum Gasteiger partial charge on any atom is 0.418 e. The van der Waals surface area contributed by atoms with Gasteiger partial charge in [0, 0.05) is 0 Å². The quantitative estimate of drug-likeness (QED) is 0.223. The van der Waals surface area contributed by atoms with Crippen molar-refractivity contribution >= 4 is 21.5 Å². The molecule has 6 nitrogen and oxygen atoms in total. The van der Waals surface area contributed by atoms with Crippen LogP contribution in [-0.2, 0) is 24.7 Å². The Labute approximate surface area is 232 Å². The summed E-state index contributed by atoms with van der Waals surface area (Å²) in [5.74, 6) is 0. The first-order chi connectivity index (χ1) is 20.1. The number of hydrogen-bond donors (Lipinski definition) is 0. The van der Waals surface area contributed by atoms with Crippen LogP contribution in [0, 0.1) is 0 Å². The van der Waals surface area contributed by atoms with E-state index in [2.05, 4.69) is 0 Å². The van der Waals surface area contributed by atoms with Gasteiger partial charge in [0.15, 0.2) is 0 Å². The molecule has 3 aromatic carbocycles. The summed E-state index contributed by atoms with van der Waals surface area (Å²) in [6.45, 7) is 0. The van der Waals surface area contributed by atoms with Crippen molar-refractivity contribution in [2.24, 2.45) is 0 Å². The van der Waals surface area contributed by atoms with Gasteiger partial charge in [0.25, 0.3) is 22.2 Å². The molecule has 5 aromatic rings. The highest BCUT2D eigenvalue weighted by Crippen LogP contribution is 2.44. The van der Waals surface area contributed by atoms with Gasteiger partial charge in [0.2, 0.25) is 0 Å². The highest BCUT2D eigenvalue weighted by atomic mass is 19.4. The van der Waals surface area contributed by atoms with Crippen molar-refractivity contribution in [3.63, 3.8) is 0 Å². The maximum atomic E-state index is 14.5. The van der Waals surface area contributed by atoms with Gasteiger partial charge in [-0.15, -0.1) is 0 Å². The molecule has 44 heavy (non-hydrogen) atoms. The van der Waals surface area contributed by atoms with E-state index in [-0.39, 0.29) is 9.13 Å². The molecule has 0 atom stereocenters. The zero-order valence-corrected chi connectivity index (χ0v) is 20.7. The SMILES string of the molecule is O=c1c2c(C(F)(F)F)c3c(=O)n(-c4ccc(C(F)(F)F)cc4)c(=O)c3c(C(F)(F)F)c2c(=O)n1-c1ccc(C(F)(F)F)cc1. The lowest BCUT2D eigenvalue weighted by atomic mass is 9.96. The minimum Gasteiger partial charge on any atom is -0.268 e. The topological polar surface area (TPSA) is 78.1 Å². The fourth-order valence-corrected chi connectivity index (χ4v) is 4.87. The zero-order valence-electron chi connectivity index (χ0n) is 20.7. The van der Waals surface area contributed by atoms with E-state index in [0.29, 0.717) is 48.5 Å². The molecule has 2 heterocycles. The molecule has 0 aliphatic carbocycles. The molecule has 0 saturated heterocycles. The third kappa shape index (κ3) is 4.55. The van der Waals surface area contributed by atoms with Crippen LogP contribution in [0.15, 0.2) is 67.7 Å². The van der Waals surface area contributed by atoms with E-state index < -0.39 is 102 Å². The number of hydrogen-bond acceptors (Lipinski definition) is 4. The number of halogens is 12. The number of alkyl halides is 12. The summed E-state index contributed by atoms with van der Waals surface area (Å²) in [7, 11) is 0. The molecule has 5 rings (SSSR count). The molecule has 0 amide bonds. The highest BCUT2D eigenvalue weighted by Gasteiger charge is 2.47. The summed E-state index contributed by atoms with van der Waals surface area (Å²) < 4.78 is 164. The molecule has 0 aliphatic rings. The van der Waals surface area contributed by atoms with Gasteiger partial charge < -0.3 is 0 Å². The average Bonchev–Trinajstić information content (AvgIpc) is 3.29. The van der Waals surface area contributed by atoms with Crippen molar-refractivity contribution in [3.8, 4) is 11.4 Å². The Hall–Kier alpha value is -4.90. The van der Waals surface area contributed by atoms with Crippen molar-refractivity contribution in [1.29, 1.82) is 0 Å². The lowest BCUT2D eigenvalue weighted by Crippen LogP contribution is -2.25. The molecule has 0 radical (unpaired) electrons. The molecule has 0 bridgehead atoms. The standard InChI is InChI=1S/C26H8F12N2O4/c27-23(28,29)9-1-5-11(6-2-9)39-19(41)13-14(20(39)42)18(26(36,37)38)16-15(17(13)25(33,34)35)21(43)40(22(16)44)12-7-3-10(4-8-12)24(30,31)32/h1-8H. The minimum atomic E-state index is -5.89. The van der Waals surface area contributed by atoms with Crippen molar-refractivity contribution in [1.82, 2.24) is 9.13 Å². The Morgan fingerprint density at radius 1 is 0.364 bits per heavy atom. The number of aromatic nitrogens is 2. The average molecular weight is 640 g/mol. The molecule has 18 heteroatoms. The summed E-state index contributed by atoms with van der Waals surface area (Å²) in [4.78, 5) is 52.8. The van der Waals surface area contributed by atoms with E-state index in [1.54, 1.807) is 0 Å². The molecule has 0 aliphatic heterocycles. The van der Waals surface area contributed by atoms with E-state index in [1.807, 2.05) is 0 Å². The van der Waals surface area contributed by atoms with E-state index >= 15 is 0 Å². The van der Waals surface area contributed by atoms with Crippen molar-refractivity contribution in [2.45, 2.75) is 24.7 Å². The van der Waals surface area contributed by atoms with Gasteiger partial charge in [0.1, 0.15) is 0 Å². The van der Waals surface area contributed by atoms with Gasteiger partial charge in [-0.2, -0.15) is 52.7 Å². The monoisotopic (exact) mass is 640 g/mol. The molecule has 0 spiro atoms. The largest absolute Gasteiger partial charge is 0.418 e. The molecule has 0 unspecified atom stereocenters. The highest BCUT2D eigenvalue weighted by molar-refractivity contribution is 6.07. The van der Waals surface area contributed by atoms with Gasteiger partial charge in [-0.3, -0.25) is 19.2 Å².